The van der Waals surface area contributed by atoms with E-state index in [1.54, 1.807) is 24.0 Å². The summed E-state index contributed by atoms with van der Waals surface area (Å²) in [5.74, 6) is -0.444. The number of aryl methyl sites for hydroxylation is 1. The number of nitrogens with zero attached hydrogens (tertiary/aromatic N) is 3. The highest BCUT2D eigenvalue weighted by Gasteiger charge is 2.14. The lowest BCUT2D eigenvalue weighted by Crippen LogP contribution is -2.02. The Labute approximate surface area is 115 Å². The van der Waals surface area contributed by atoms with Gasteiger partial charge in [0, 0.05) is 24.2 Å². The minimum Gasteiger partial charge on any atom is -0.464 e. The van der Waals surface area contributed by atoms with Crippen molar-refractivity contribution >= 4 is 16.9 Å². The number of pyridine rings is 1. The van der Waals surface area contributed by atoms with Crippen LogP contribution in [0.1, 0.15) is 10.5 Å². The Balaban J connectivity index is 2.10. The van der Waals surface area contributed by atoms with E-state index in [-0.39, 0.29) is 5.69 Å². The Morgan fingerprint density at radius 1 is 1.25 bits per heavy atom. The van der Waals surface area contributed by atoms with E-state index in [2.05, 4.69) is 14.8 Å². The molecule has 2 aromatic heterocycles. The molecule has 0 spiro atoms. The van der Waals surface area contributed by atoms with Gasteiger partial charge in [0.15, 0.2) is 5.69 Å². The maximum atomic E-state index is 11.5. The maximum Gasteiger partial charge on any atom is 0.358 e. The van der Waals surface area contributed by atoms with Crippen LogP contribution in [0, 0.1) is 0 Å². The SMILES string of the molecule is COC(=O)c1cc(-c2cnc3ccccc3c2)n(C)n1. The monoisotopic (exact) mass is 267 g/mol. The molecule has 1 aromatic carbocycles. The third-order valence-electron chi connectivity index (χ3n) is 3.16. The molecule has 3 rings (SSSR count). The number of aromatic nitrogens is 3. The molecule has 20 heavy (non-hydrogen) atoms. The first-order valence-corrected chi connectivity index (χ1v) is 6.16. The van der Waals surface area contributed by atoms with Crippen molar-refractivity contribution in [2.24, 2.45) is 7.05 Å². The lowest BCUT2D eigenvalue weighted by atomic mass is 10.1. The van der Waals surface area contributed by atoms with E-state index >= 15 is 0 Å². The molecule has 2 heterocycles. The van der Waals surface area contributed by atoms with Crippen LogP contribution in [-0.4, -0.2) is 27.8 Å². The number of para-hydroxylation sites is 1. The average molecular weight is 267 g/mol. The Kier molecular flexibility index (Phi) is 2.95. The van der Waals surface area contributed by atoms with Crippen molar-refractivity contribution in [1.82, 2.24) is 14.8 Å². The fourth-order valence-electron chi connectivity index (χ4n) is 2.15. The van der Waals surface area contributed by atoms with Crippen LogP contribution in [0.2, 0.25) is 0 Å². The predicted octanol–water partition coefficient (Wildman–Crippen LogP) is 2.42. The molecule has 0 radical (unpaired) electrons. The molecule has 3 aromatic rings. The second kappa shape index (κ2) is 4.77. The number of carbonyl (C=O) groups is 1. The largest absolute Gasteiger partial charge is 0.464 e. The first kappa shape index (κ1) is 12.3. The summed E-state index contributed by atoms with van der Waals surface area (Å²) in [6.07, 6.45) is 1.78. The van der Waals surface area contributed by atoms with E-state index in [0.29, 0.717) is 0 Å². The van der Waals surface area contributed by atoms with Crippen molar-refractivity contribution in [2.45, 2.75) is 0 Å². The Morgan fingerprint density at radius 3 is 2.85 bits per heavy atom. The second-order valence-corrected chi connectivity index (χ2v) is 4.45. The molecule has 100 valence electrons. The van der Waals surface area contributed by atoms with Gasteiger partial charge in [0.1, 0.15) is 0 Å². The van der Waals surface area contributed by atoms with Gasteiger partial charge < -0.3 is 4.74 Å². The summed E-state index contributed by atoms with van der Waals surface area (Å²) in [5, 5.41) is 5.20. The molecule has 0 N–H and O–H groups in total. The summed E-state index contributed by atoms with van der Waals surface area (Å²) in [5.41, 5.74) is 2.96. The predicted molar refractivity (Wildman–Crippen MR) is 75.3 cm³/mol. The van der Waals surface area contributed by atoms with Gasteiger partial charge >= 0.3 is 5.97 Å². The van der Waals surface area contributed by atoms with Crippen molar-refractivity contribution < 1.29 is 9.53 Å². The summed E-state index contributed by atoms with van der Waals surface area (Å²) < 4.78 is 6.33. The number of benzene rings is 1. The highest BCUT2D eigenvalue weighted by molar-refractivity contribution is 5.89. The zero-order valence-electron chi connectivity index (χ0n) is 11.2. The smallest absolute Gasteiger partial charge is 0.358 e. The van der Waals surface area contributed by atoms with Crippen LogP contribution in [0.25, 0.3) is 22.2 Å². The molecule has 0 bridgehead atoms. The van der Waals surface area contributed by atoms with Crippen LogP contribution in [0.4, 0.5) is 0 Å². The van der Waals surface area contributed by atoms with Crippen LogP contribution < -0.4 is 0 Å². The normalized spacial score (nSPS) is 10.7. The Morgan fingerprint density at radius 2 is 2.05 bits per heavy atom. The Hall–Kier alpha value is -2.69. The lowest BCUT2D eigenvalue weighted by molar-refractivity contribution is 0.0593. The van der Waals surface area contributed by atoms with Crippen LogP contribution in [0.15, 0.2) is 42.6 Å². The van der Waals surface area contributed by atoms with Crippen LogP contribution in [0.5, 0.6) is 0 Å². The first-order valence-electron chi connectivity index (χ1n) is 6.16. The standard InChI is InChI=1S/C15H13N3O2/c1-18-14(8-13(17-18)15(19)20-2)11-7-10-5-3-4-6-12(10)16-9-11/h3-9H,1-2H3. The number of carbonyl (C=O) groups excluding carboxylic acids is 1. The van der Waals surface area contributed by atoms with Crippen LogP contribution >= 0.6 is 0 Å². The highest BCUT2D eigenvalue weighted by Crippen LogP contribution is 2.23. The topological polar surface area (TPSA) is 57.0 Å². The molecular weight excluding hydrogens is 254 g/mol. The molecular formula is C15H13N3O2. The van der Waals surface area contributed by atoms with Gasteiger partial charge in [-0.3, -0.25) is 9.67 Å². The summed E-state index contributed by atoms with van der Waals surface area (Å²) in [6.45, 7) is 0. The number of hydrogen-bond donors (Lipinski definition) is 0. The molecule has 0 unspecified atom stereocenters. The fourth-order valence-corrected chi connectivity index (χ4v) is 2.15. The molecule has 0 aliphatic carbocycles. The summed E-state index contributed by atoms with van der Waals surface area (Å²) in [6, 6.07) is 11.6. The van der Waals surface area contributed by atoms with Crippen molar-refractivity contribution in [1.29, 1.82) is 0 Å². The van der Waals surface area contributed by atoms with E-state index in [4.69, 9.17) is 0 Å². The van der Waals surface area contributed by atoms with Crippen molar-refractivity contribution in [3.05, 3.63) is 48.3 Å². The highest BCUT2D eigenvalue weighted by atomic mass is 16.5. The van der Waals surface area contributed by atoms with E-state index in [9.17, 15) is 4.79 Å². The number of methoxy groups -OCH3 is 1. The van der Waals surface area contributed by atoms with E-state index < -0.39 is 5.97 Å². The molecule has 5 nitrogen and oxygen atoms in total. The van der Waals surface area contributed by atoms with E-state index in [1.807, 2.05) is 30.3 Å². The number of fused-ring (bicyclic) bond motifs is 1. The zero-order valence-corrected chi connectivity index (χ0v) is 11.2. The van der Waals surface area contributed by atoms with Gasteiger partial charge in [-0.25, -0.2) is 4.79 Å². The second-order valence-electron chi connectivity index (χ2n) is 4.45. The number of rotatable bonds is 2. The summed E-state index contributed by atoms with van der Waals surface area (Å²) >= 11 is 0. The fraction of sp³-hybridized carbons (Fsp3) is 0.133. The molecule has 0 amide bonds. The van der Waals surface area contributed by atoms with Crippen molar-refractivity contribution in [3.63, 3.8) is 0 Å². The number of hydrogen-bond acceptors (Lipinski definition) is 4. The van der Waals surface area contributed by atoms with Gasteiger partial charge in [-0.2, -0.15) is 5.10 Å². The third kappa shape index (κ3) is 2.03. The van der Waals surface area contributed by atoms with Crippen molar-refractivity contribution in [3.8, 4) is 11.3 Å². The van der Waals surface area contributed by atoms with Gasteiger partial charge in [-0.1, -0.05) is 18.2 Å². The maximum absolute atomic E-state index is 11.5. The van der Waals surface area contributed by atoms with Crippen LogP contribution in [0.3, 0.4) is 0 Å². The van der Waals surface area contributed by atoms with Gasteiger partial charge in [0.05, 0.1) is 18.3 Å². The molecule has 0 aliphatic rings. The lowest BCUT2D eigenvalue weighted by Gasteiger charge is -2.03. The van der Waals surface area contributed by atoms with Crippen molar-refractivity contribution in [2.75, 3.05) is 7.11 Å². The molecule has 0 saturated carbocycles. The molecule has 0 saturated heterocycles. The summed E-state index contributed by atoms with van der Waals surface area (Å²) in [4.78, 5) is 15.9. The van der Waals surface area contributed by atoms with Gasteiger partial charge in [0.25, 0.3) is 0 Å². The minimum absolute atomic E-state index is 0.290. The van der Waals surface area contributed by atoms with E-state index in [0.717, 1.165) is 22.2 Å². The van der Waals surface area contributed by atoms with Gasteiger partial charge in [-0.15, -0.1) is 0 Å². The average Bonchev–Trinajstić information content (AvgIpc) is 2.88. The van der Waals surface area contributed by atoms with Gasteiger partial charge in [0.2, 0.25) is 0 Å². The Bertz CT molecular complexity index is 793. The first-order chi connectivity index (χ1) is 9.69. The zero-order chi connectivity index (χ0) is 14.1. The van der Waals surface area contributed by atoms with Crippen LogP contribution in [-0.2, 0) is 11.8 Å². The number of ether oxygens (including phenoxy) is 1. The summed E-state index contributed by atoms with van der Waals surface area (Å²) in [7, 11) is 3.13. The molecule has 0 atom stereocenters. The molecule has 5 heteroatoms. The molecule has 0 aliphatic heterocycles. The third-order valence-corrected chi connectivity index (χ3v) is 3.16. The van der Waals surface area contributed by atoms with Gasteiger partial charge in [-0.05, 0) is 18.2 Å². The van der Waals surface area contributed by atoms with E-state index in [1.165, 1.54) is 7.11 Å². The minimum atomic E-state index is -0.444. The molecule has 0 fully saturated rings. The quantitative estimate of drug-likeness (QED) is 0.669. The number of esters is 1.